The van der Waals surface area contributed by atoms with Gasteiger partial charge in [0.25, 0.3) is 0 Å². The number of benzene rings is 3. The lowest BCUT2D eigenvalue weighted by Gasteiger charge is -2.25. The number of phenols is 1. The van der Waals surface area contributed by atoms with Crippen LogP contribution in [0.3, 0.4) is 0 Å². The highest BCUT2D eigenvalue weighted by Crippen LogP contribution is 2.54. The molecular formula is C24H19F6N3O2. The third-order valence-electron chi connectivity index (χ3n) is 5.64. The zero-order valence-electron chi connectivity index (χ0n) is 18.4. The Hall–Kier alpha value is -3.89. The summed E-state index contributed by atoms with van der Waals surface area (Å²) >= 11 is 0. The first-order valence-electron chi connectivity index (χ1n) is 10.3. The van der Waals surface area contributed by atoms with Crippen LogP contribution in [0.2, 0.25) is 0 Å². The smallest absolute Gasteiger partial charge is 0.416 e. The average Bonchev–Trinajstić information content (AvgIpc) is 3.01. The van der Waals surface area contributed by atoms with E-state index in [1.54, 1.807) is 13.8 Å². The van der Waals surface area contributed by atoms with Crippen LogP contribution in [0.4, 0.5) is 53.9 Å². The number of halogens is 6. The Kier molecular flexibility index (Phi) is 5.82. The fraction of sp³-hybridized carbons (Fsp3) is 0.208. The van der Waals surface area contributed by atoms with Crippen LogP contribution in [0.5, 0.6) is 5.75 Å². The van der Waals surface area contributed by atoms with E-state index < -0.39 is 46.4 Å². The first-order chi connectivity index (χ1) is 16.3. The fourth-order valence-corrected chi connectivity index (χ4v) is 4.24. The number of phenolic OH excluding ortho intramolecular Hbond substituents is 1. The van der Waals surface area contributed by atoms with Crippen LogP contribution in [0, 0.1) is 17.5 Å². The molecule has 0 atom stereocenters. The molecule has 0 aromatic heterocycles. The molecule has 1 aliphatic heterocycles. The van der Waals surface area contributed by atoms with Crippen molar-refractivity contribution >= 4 is 28.8 Å². The molecule has 0 bridgehead atoms. The van der Waals surface area contributed by atoms with Crippen molar-refractivity contribution in [3.05, 3.63) is 77.1 Å². The van der Waals surface area contributed by atoms with Crippen molar-refractivity contribution in [1.82, 2.24) is 0 Å². The molecule has 3 N–H and O–H groups in total. The molecule has 0 spiro atoms. The van der Waals surface area contributed by atoms with Gasteiger partial charge >= 0.3 is 12.2 Å². The lowest BCUT2D eigenvalue weighted by molar-refractivity contribution is -0.138. The minimum absolute atomic E-state index is 0.0302. The quantitative estimate of drug-likeness (QED) is 0.346. The van der Waals surface area contributed by atoms with E-state index in [9.17, 15) is 36.2 Å². The Morgan fingerprint density at radius 3 is 2.23 bits per heavy atom. The second-order valence-electron chi connectivity index (χ2n) is 8.69. The highest BCUT2D eigenvalue weighted by molar-refractivity contribution is 6.02. The fourth-order valence-electron chi connectivity index (χ4n) is 4.24. The SMILES string of the molecule is CC1(C)CN(c2ccc(F)cc2NC(=O)Nc2ccc(F)cc2F)c2c(O)ccc(C(F)(F)F)c21. The number of anilines is 4. The number of carbonyl (C=O) groups is 1. The molecule has 3 aromatic rings. The van der Waals surface area contributed by atoms with E-state index in [4.69, 9.17) is 0 Å². The number of alkyl halides is 3. The second kappa shape index (κ2) is 8.40. The van der Waals surface area contributed by atoms with Crippen molar-refractivity contribution in [2.24, 2.45) is 0 Å². The summed E-state index contributed by atoms with van der Waals surface area (Å²) in [5.41, 5.74) is -2.65. The van der Waals surface area contributed by atoms with E-state index in [0.29, 0.717) is 6.07 Å². The molecule has 11 heteroatoms. The van der Waals surface area contributed by atoms with Crippen LogP contribution in [0.25, 0.3) is 0 Å². The first-order valence-corrected chi connectivity index (χ1v) is 10.3. The molecule has 1 aliphatic rings. The minimum atomic E-state index is -4.69. The lowest BCUT2D eigenvalue weighted by atomic mass is 9.83. The van der Waals surface area contributed by atoms with E-state index >= 15 is 0 Å². The van der Waals surface area contributed by atoms with Crippen molar-refractivity contribution in [2.45, 2.75) is 25.4 Å². The van der Waals surface area contributed by atoms with Gasteiger partial charge < -0.3 is 20.6 Å². The Morgan fingerprint density at radius 2 is 1.57 bits per heavy atom. The van der Waals surface area contributed by atoms with Gasteiger partial charge in [0.05, 0.1) is 28.3 Å². The van der Waals surface area contributed by atoms with Crippen LogP contribution in [-0.2, 0) is 11.6 Å². The van der Waals surface area contributed by atoms with Gasteiger partial charge in [0, 0.05) is 18.0 Å². The molecule has 5 nitrogen and oxygen atoms in total. The molecule has 0 fully saturated rings. The van der Waals surface area contributed by atoms with Crippen molar-refractivity contribution < 1.29 is 36.2 Å². The molecule has 0 radical (unpaired) electrons. The van der Waals surface area contributed by atoms with Gasteiger partial charge in [-0.05, 0) is 48.0 Å². The molecule has 35 heavy (non-hydrogen) atoms. The lowest BCUT2D eigenvalue weighted by Crippen LogP contribution is -2.27. The third kappa shape index (κ3) is 4.58. The van der Waals surface area contributed by atoms with Crippen LogP contribution in [-0.4, -0.2) is 17.7 Å². The van der Waals surface area contributed by atoms with Gasteiger partial charge in [0.15, 0.2) is 0 Å². The molecule has 184 valence electrons. The first kappa shape index (κ1) is 24.2. The normalized spacial score (nSPS) is 14.6. The van der Waals surface area contributed by atoms with Crippen LogP contribution in [0.15, 0.2) is 48.5 Å². The molecular weight excluding hydrogens is 476 g/mol. The molecule has 0 unspecified atom stereocenters. The van der Waals surface area contributed by atoms with E-state index in [2.05, 4.69) is 10.6 Å². The van der Waals surface area contributed by atoms with Crippen molar-refractivity contribution in [2.75, 3.05) is 22.1 Å². The maximum absolute atomic E-state index is 14.1. The number of nitrogens with zero attached hydrogens (tertiary/aromatic N) is 1. The summed E-state index contributed by atoms with van der Waals surface area (Å²) in [7, 11) is 0. The molecule has 1 heterocycles. The Balaban J connectivity index is 1.75. The summed E-state index contributed by atoms with van der Waals surface area (Å²) in [6.45, 7) is 3.11. The second-order valence-corrected chi connectivity index (χ2v) is 8.69. The van der Waals surface area contributed by atoms with Crippen molar-refractivity contribution in [1.29, 1.82) is 0 Å². The molecule has 0 saturated heterocycles. The summed E-state index contributed by atoms with van der Waals surface area (Å²) < 4.78 is 82.3. The summed E-state index contributed by atoms with van der Waals surface area (Å²) in [4.78, 5) is 13.9. The van der Waals surface area contributed by atoms with E-state index in [1.807, 2.05) is 0 Å². The van der Waals surface area contributed by atoms with E-state index in [-0.39, 0.29) is 34.9 Å². The largest absolute Gasteiger partial charge is 0.506 e. The highest BCUT2D eigenvalue weighted by Gasteiger charge is 2.46. The number of fused-ring (bicyclic) bond motifs is 1. The topological polar surface area (TPSA) is 64.6 Å². The molecule has 4 rings (SSSR count). The minimum Gasteiger partial charge on any atom is -0.506 e. The maximum Gasteiger partial charge on any atom is 0.416 e. The Labute approximate surface area is 196 Å². The van der Waals surface area contributed by atoms with Gasteiger partial charge in [0.2, 0.25) is 0 Å². The molecule has 0 aliphatic carbocycles. The van der Waals surface area contributed by atoms with Gasteiger partial charge in [0.1, 0.15) is 23.2 Å². The number of carbonyl (C=O) groups excluding carboxylic acids is 1. The number of aromatic hydroxyl groups is 1. The van der Waals surface area contributed by atoms with Crippen LogP contribution < -0.4 is 15.5 Å². The van der Waals surface area contributed by atoms with Gasteiger partial charge in [-0.15, -0.1) is 0 Å². The Morgan fingerprint density at radius 1 is 0.943 bits per heavy atom. The maximum atomic E-state index is 14.1. The average molecular weight is 495 g/mol. The zero-order valence-corrected chi connectivity index (χ0v) is 18.4. The number of hydrogen-bond donors (Lipinski definition) is 3. The monoisotopic (exact) mass is 495 g/mol. The Bertz CT molecular complexity index is 1320. The van der Waals surface area contributed by atoms with Gasteiger partial charge in [-0.25, -0.2) is 18.0 Å². The molecule has 2 amide bonds. The van der Waals surface area contributed by atoms with Gasteiger partial charge in [-0.2, -0.15) is 13.2 Å². The summed E-state index contributed by atoms with van der Waals surface area (Å²) in [5.74, 6) is -3.08. The number of hydrogen-bond acceptors (Lipinski definition) is 3. The van der Waals surface area contributed by atoms with Crippen LogP contribution >= 0.6 is 0 Å². The zero-order chi connectivity index (χ0) is 25.7. The summed E-state index contributed by atoms with van der Waals surface area (Å²) in [5, 5.41) is 15.0. The third-order valence-corrected chi connectivity index (χ3v) is 5.64. The van der Waals surface area contributed by atoms with E-state index in [0.717, 1.165) is 36.4 Å². The van der Waals surface area contributed by atoms with Crippen molar-refractivity contribution in [3.8, 4) is 5.75 Å². The molecule has 3 aromatic carbocycles. The van der Waals surface area contributed by atoms with Crippen LogP contribution in [0.1, 0.15) is 25.0 Å². The molecule has 0 saturated carbocycles. The standard InChI is InChI=1S/C24H19F6N3O2/c1-23(2)11-33(21-19(34)8-5-14(20(21)23)24(28,29)30)18-7-4-13(26)10-17(18)32-22(35)31-16-6-3-12(25)9-15(16)27/h3-10,34H,11H2,1-2H3,(H2,31,32,35). The highest BCUT2D eigenvalue weighted by atomic mass is 19.4. The van der Waals surface area contributed by atoms with Crippen molar-refractivity contribution in [3.63, 3.8) is 0 Å². The predicted octanol–water partition coefficient (Wildman–Crippen LogP) is 6.90. The van der Waals surface area contributed by atoms with Gasteiger partial charge in [-0.1, -0.05) is 13.8 Å². The predicted molar refractivity (Wildman–Crippen MR) is 119 cm³/mol. The number of rotatable bonds is 3. The number of amides is 2. The van der Waals surface area contributed by atoms with E-state index in [1.165, 1.54) is 11.0 Å². The number of nitrogens with one attached hydrogen (secondary N) is 2. The summed E-state index contributed by atoms with van der Waals surface area (Å²) in [6.07, 6.45) is -4.69. The summed E-state index contributed by atoms with van der Waals surface area (Å²) in [6, 6.07) is 6.43. The van der Waals surface area contributed by atoms with Gasteiger partial charge in [-0.3, -0.25) is 0 Å². The number of urea groups is 1.